The predicted molar refractivity (Wildman–Crippen MR) is 134 cm³/mol. The van der Waals surface area contributed by atoms with Gasteiger partial charge in [0, 0.05) is 13.1 Å². The van der Waals surface area contributed by atoms with Crippen molar-refractivity contribution in [1.29, 1.82) is 0 Å². The molecule has 30 heavy (non-hydrogen) atoms. The maximum atomic E-state index is 8.81. The Morgan fingerprint density at radius 1 is 0.433 bits per heavy atom. The molecule has 0 aliphatic carbocycles. The topological polar surface area (TPSA) is 46.9 Å². The summed E-state index contributed by atoms with van der Waals surface area (Å²) in [5.41, 5.74) is 0. The minimum absolute atomic E-state index is 0.190. The van der Waals surface area contributed by atoms with E-state index in [1.807, 2.05) is 0 Å². The van der Waals surface area contributed by atoms with Crippen LogP contribution in [0.1, 0.15) is 117 Å². The molecule has 0 aliphatic rings. The van der Waals surface area contributed by atoms with E-state index >= 15 is 0 Å². The van der Waals surface area contributed by atoms with Crippen LogP contribution in [0.4, 0.5) is 0 Å². The van der Waals surface area contributed by atoms with Crippen molar-refractivity contribution in [3.8, 4) is 0 Å². The number of rotatable bonds is 22. The molecule has 0 fully saturated rings. The summed E-state index contributed by atoms with van der Waals surface area (Å²) in [7, 11) is 4.32. The van der Waals surface area contributed by atoms with Crippen LogP contribution < -0.4 is 0 Å². The fraction of sp³-hybridized carbons (Fsp3) is 1.00. The van der Waals surface area contributed by atoms with E-state index in [0.29, 0.717) is 13.1 Å². The van der Waals surface area contributed by atoms with Crippen LogP contribution in [-0.4, -0.2) is 73.5 Å². The van der Waals surface area contributed by atoms with Gasteiger partial charge in [-0.2, -0.15) is 0 Å². The van der Waals surface area contributed by atoms with Crippen molar-refractivity contribution in [2.24, 2.45) is 0 Å². The minimum Gasteiger partial charge on any atom is -0.395 e. The van der Waals surface area contributed by atoms with E-state index in [1.165, 1.54) is 109 Å². The minimum atomic E-state index is 0.190. The molecule has 0 aliphatic heterocycles. The molecule has 0 aromatic rings. The highest BCUT2D eigenvalue weighted by atomic mass is 16.3. The molecule has 0 bridgehead atoms. The Kier molecular flexibility index (Phi) is 30.8. The molecule has 4 heteroatoms. The molecule has 0 amide bonds. The third-order valence-corrected chi connectivity index (χ3v) is 5.62. The highest BCUT2D eigenvalue weighted by Crippen LogP contribution is 2.10. The summed E-state index contributed by atoms with van der Waals surface area (Å²) in [6.45, 7) is 8.54. The van der Waals surface area contributed by atoms with E-state index in [0.717, 1.165) is 6.54 Å². The lowest BCUT2D eigenvalue weighted by molar-refractivity contribution is 0.159. The lowest BCUT2D eigenvalue weighted by Gasteiger charge is -2.19. The van der Waals surface area contributed by atoms with E-state index in [2.05, 4.69) is 37.7 Å². The van der Waals surface area contributed by atoms with Gasteiger partial charge in [0.05, 0.1) is 13.2 Å². The maximum Gasteiger partial charge on any atom is 0.0558 e. The second-order valence-corrected chi connectivity index (χ2v) is 9.04. The summed E-state index contributed by atoms with van der Waals surface area (Å²) in [5.74, 6) is 0. The average Bonchev–Trinajstić information content (AvgIpc) is 2.72. The number of unbranched alkanes of at least 4 members (excludes halogenated alkanes) is 14. The van der Waals surface area contributed by atoms with E-state index in [-0.39, 0.29) is 13.2 Å². The molecule has 0 spiro atoms. The number of nitrogens with zero attached hydrogens (tertiary/aromatic N) is 2. The van der Waals surface area contributed by atoms with Gasteiger partial charge >= 0.3 is 0 Å². The van der Waals surface area contributed by atoms with Crippen LogP contribution in [0.3, 0.4) is 0 Å². The number of aliphatic hydroxyl groups excluding tert-OH is 2. The van der Waals surface area contributed by atoms with E-state index in [9.17, 15) is 0 Å². The second-order valence-electron chi connectivity index (χ2n) is 9.04. The number of hydrogen-bond donors (Lipinski definition) is 2. The van der Waals surface area contributed by atoms with Gasteiger partial charge in [-0.3, -0.25) is 4.90 Å². The zero-order valence-corrected chi connectivity index (χ0v) is 21.3. The highest BCUT2D eigenvalue weighted by Gasteiger charge is 2.02. The normalized spacial score (nSPS) is 11.2. The summed E-state index contributed by atoms with van der Waals surface area (Å²) in [4.78, 5) is 4.41. The van der Waals surface area contributed by atoms with Gasteiger partial charge in [0.2, 0.25) is 0 Å². The Balaban J connectivity index is 0. The van der Waals surface area contributed by atoms with Crippen molar-refractivity contribution in [1.82, 2.24) is 9.80 Å². The molecule has 0 heterocycles. The lowest BCUT2D eigenvalue weighted by Crippen LogP contribution is -2.30. The van der Waals surface area contributed by atoms with Crippen molar-refractivity contribution in [3.63, 3.8) is 0 Å². The van der Waals surface area contributed by atoms with Crippen molar-refractivity contribution in [2.45, 2.75) is 117 Å². The molecule has 0 atom stereocenters. The van der Waals surface area contributed by atoms with Gasteiger partial charge in [0.15, 0.2) is 0 Å². The molecule has 0 saturated carbocycles. The van der Waals surface area contributed by atoms with Crippen molar-refractivity contribution in [3.05, 3.63) is 0 Å². The fourth-order valence-corrected chi connectivity index (χ4v) is 3.65. The molecule has 0 aromatic heterocycles. The summed E-state index contributed by atoms with van der Waals surface area (Å²) in [6.07, 6.45) is 22.1. The molecule has 0 radical (unpaired) electrons. The zero-order valence-electron chi connectivity index (χ0n) is 21.3. The number of aliphatic hydroxyl groups is 2. The van der Waals surface area contributed by atoms with Crippen LogP contribution in [0, 0.1) is 0 Å². The van der Waals surface area contributed by atoms with E-state index in [4.69, 9.17) is 10.2 Å². The average molecular weight is 431 g/mol. The van der Waals surface area contributed by atoms with Crippen LogP contribution in [0.25, 0.3) is 0 Å². The Morgan fingerprint density at radius 3 is 1.10 bits per heavy atom. The Bertz CT molecular complexity index is 282. The molecular formula is C26H58N2O2. The van der Waals surface area contributed by atoms with Gasteiger partial charge < -0.3 is 15.1 Å². The molecule has 184 valence electrons. The molecule has 2 N–H and O–H groups in total. The van der Waals surface area contributed by atoms with Gasteiger partial charge in [-0.25, -0.2) is 0 Å². The molecule has 0 aromatic carbocycles. The Labute approximate surface area is 190 Å². The van der Waals surface area contributed by atoms with Gasteiger partial charge in [-0.05, 0) is 40.0 Å². The molecule has 0 rings (SSSR count). The van der Waals surface area contributed by atoms with E-state index in [1.54, 1.807) is 0 Å². The summed E-state index contributed by atoms with van der Waals surface area (Å²) < 4.78 is 0. The summed E-state index contributed by atoms with van der Waals surface area (Å²) in [5, 5.41) is 17.6. The largest absolute Gasteiger partial charge is 0.395 e. The third-order valence-electron chi connectivity index (χ3n) is 5.62. The van der Waals surface area contributed by atoms with Crippen molar-refractivity contribution in [2.75, 3.05) is 53.5 Å². The summed E-state index contributed by atoms with van der Waals surface area (Å²) in [6, 6.07) is 0. The van der Waals surface area contributed by atoms with E-state index < -0.39 is 0 Å². The maximum absolute atomic E-state index is 8.81. The standard InChI is InChI=1S/C14H31N.C12H27NO2/c1-4-5-6-7-8-9-10-11-12-13-14-15(2)3;1-2-3-4-5-6-7-8-13(9-11-14)10-12-15/h4-14H2,1-3H3;14-15H,2-12H2,1H3. The molecule has 4 nitrogen and oxygen atoms in total. The van der Waals surface area contributed by atoms with Crippen LogP contribution in [0.5, 0.6) is 0 Å². The van der Waals surface area contributed by atoms with Crippen LogP contribution >= 0.6 is 0 Å². The first-order chi connectivity index (χ1) is 14.6. The van der Waals surface area contributed by atoms with Crippen LogP contribution in [0.15, 0.2) is 0 Å². The Hall–Kier alpha value is -0.160. The first-order valence-electron chi connectivity index (χ1n) is 13.2. The molecule has 0 unspecified atom stereocenters. The van der Waals surface area contributed by atoms with Gasteiger partial charge in [-0.1, -0.05) is 104 Å². The quantitative estimate of drug-likeness (QED) is 0.204. The first kappa shape index (κ1) is 32.0. The smallest absolute Gasteiger partial charge is 0.0558 e. The monoisotopic (exact) mass is 430 g/mol. The Morgan fingerprint density at radius 2 is 0.767 bits per heavy atom. The highest BCUT2D eigenvalue weighted by molar-refractivity contribution is 4.57. The van der Waals surface area contributed by atoms with Crippen LogP contribution in [0.2, 0.25) is 0 Å². The zero-order chi connectivity index (χ0) is 22.7. The van der Waals surface area contributed by atoms with Gasteiger partial charge in [0.1, 0.15) is 0 Å². The lowest BCUT2D eigenvalue weighted by atomic mass is 10.1. The van der Waals surface area contributed by atoms with Gasteiger partial charge in [-0.15, -0.1) is 0 Å². The third kappa shape index (κ3) is 30.0. The first-order valence-corrected chi connectivity index (χ1v) is 13.2. The van der Waals surface area contributed by atoms with Crippen molar-refractivity contribution < 1.29 is 10.2 Å². The SMILES string of the molecule is CCCCCCCCCCCCN(C)C.CCCCCCCCN(CCO)CCO. The number of hydrogen-bond acceptors (Lipinski definition) is 4. The van der Waals surface area contributed by atoms with Gasteiger partial charge in [0.25, 0.3) is 0 Å². The fourth-order valence-electron chi connectivity index (χ4n) is 3.65. The van der Waals surface area contributed by atoms with Crippen LogP contribution in [-0.2, 0) is 0 Å². The second kappa shape index (κ2) is 28.8. The molecular weight excluding hydrogens is 372 g/mol. The molecule has 0 saturated heterocycles. The summed E-state index contributed by atoms with van der Waals surface area (Å²) >= 11 is 0. The predicted octanol–water partition coefficient (Wildman–Crippen LogP) is 6.10. The van der Waals surface area contributed by atoms with Crippen molar-refractivity contribution >= 4 is 0 Å².